The Bertz CT molecular complexity index is 119. The van der Waals surface area contributed by atoms with Crippen molar-refractivity contribution in [3.8, 4) is 0 Å². The summed E-state index contributed by atoms with van der Waals surface area (Å²) in [7, 11) is 0. The van der Waals surface area contributed by atoms with Crippen molar-refractivity contribution in [2.45, 2.75) is 6.92 Å². The first kappa shape index (κ1) is 6.58. The summed E-state index contributed by atoms with van der Waals surface area (Å²) >= 11 is 0. The molecular weight excluding hydrogens is 114 g/mol. The van der Waals surface area contributed by atoms with Gasteiger partial charge in [-0.15, -0.1) is 0 Å². The second-order valence-corrected chi connectivity index (χ2v) is 2.01. The standard InChI is InChI=1S/C6H13N3/c1-2-9-6(5-7)3-4-8-9/h3,8H,2,4-5,7H2,1H3. The number of hydrogen-bond donors (Lipinski definition) is 2. The van der Waals surface area contributed by atoms with Crippen molar-refractivity contribution in [3.63, 3.8) is 0 Å². The average Bonchev–Trinajstić information content (AvgIpc) is 2.33. The van der Waals surface area contributed by atoms with Crippen molar-refractivity contribution in [1.82, 2.24) is 10.4 Å². The third-order valence-electron chi connectivity index (χ3n) is 1.49. The Hall–Kier alpha value is -0.540. The van der Waals surface area contributed by atoms with Gasteiger partial charge in [0, 0.05) is 25.3 Å². The highest BCUT2D eigenvalue weighted by atomic mass is 15.5. The molecule has 1 aliphatic rings. The first-order valence-corrected chi connectivity index (χ1v) is 3.28. The van der Waals surface area contributed by atoms with Crippen LogP contribution < -0.4 is 11.2 Å². The first-order valence-electron chi connectivity index (χ1n) is 3.28. The van der Waals surface area contributed by atoms with Crippen molar-refractivity contribution in [2.24, 2.45) is 5.73 Å². The number of hydrogen-bond acceptors (Lipinski definition) is 3. The summed E-state index contributed by atoms with van der Waals surface area (Å²) in [6, 6.07) is 0. The normalized spacial score (nSPS) is 18.4. The summed E-state index contributed by atoms with van der Waals surface area (Å²) in [4.78, 5) is 0. The van der Waals surface area contributed by atoms with Gasteiger partial charge in [0.1, 0.15) is 0 Å². The smallest absolute Gasteiger partial charge is 0.0403 e. The molecule has 52 valence electrons. The van der Waals surface area contributed by atoms with E-state index in [9.17, 15) is 0 Å². The van der Waals surface area contributed by atoms with Crippen LogP contribution in [0.4, 0.5) is 0 Å². The van der Waals surface area contributed by atoms with Gasteiger partial charge in [-0.3, -0.25) is 0 Å². The molecule has 0 aromatic rings. The molecule has 1 aliphatic heterocycles. The summed E-state index contributed by atoms with van der Waals surface area (Å²) < 4.78 is 0. The Kier molecular flexibility index (Phi) is 2.08. The van der Waals surface area contributed by atoms with E-state index in [0.717, 1.165) is 13.1 Å². The van der Waals surface area contributed by atoms with E-state index in [1.165, 1.54) is 5.70 Å². The van der Waals surface area contributed by atoms with Crippen LogP contribution in [0.5, 0.6) is 0 Å². The summed E-state index contributed by atoms with van der Waals surface area (Å²) in [6.07, 6.45) is 2.11. The van der Waals surface area contributed by atoms with Crippen molar-refractivity contribution >= 4 is 0 Å². The molecule has 1 heterocycles. The maximum atomic E-state index is 5.45. The van der Waals surface area contributed by atoms with Crippen molar-refractivity contribution in [3.05, 3.63) is 11.8 Å². The van der Waals surface area contributed by atoms with Gasteiger partial charge in [0.15, 0.2) is 0 Å². The predicted molar refractivity (Wildman–Crippen MR) is 37.5 cm³/mol. The minimum absolute atomic E-state index is 0.640. The Balaban J connectivity index is 2.47. The molecule has 3 nitrogen and oxygen atoms in total. The molecule has 0 saturated carbocycles. The number of rotatable bonds is 2. The molecule has 0 aromatic heterocycles. The zero-order valence-electron chi connectivity index (χ0n) is 5.72. The number of nitrogens with zero attached hydrogens (tertiary/aromatic N) is 1. The Morgan fingerprint density at radius 1 is 1.89 bits per heavy atom. The topological polar surface area (TPSA) is 41.3 Å². The van der Waals surface area contributed by atoms with Crippen molar-refractivity contribution < 1.29 is 0 Å². The third-order valence-corrected chi connectivity index (χ3v) is 1.49. The van der Waals surface area contributed by atoms with Crippen molar-refractivity contribution in [2.75, 3.05) is 19.6 Å². The summed E-state index contributed by atoms with van der Waals surface area (Å²) in [5, 5.41) is 2.07. The Labute approximate surface area is 55.5 Å². The van der Waals surface area contributed by atoms with E-state index in [1.54, 1.807) is 0 Å². The van der Waals surface area contributed by atoms with Crippen LogP contribution in [0.15, 0.2) is 11.8 Å². The van der Waals surface area contributed by atoms with Gasteiger partial charge >= 0.3 is 0 Å². The van der Waals surface area contributed by atoms with Gasteiger partial charge in [-0.05, 0) is 13.0 Å². The van der Waals surface area contributed by atoms with Crippen LogP contribution in [0.25, 0.3) is 0 Å². The fraction of sp³-hybridized carbons (Fsp3) is 0.667. The Morgan fingerprint density at radius 3 is 3.11 bits per heavy atom. The van der Waals surface area contributed by atoms with E-state index >= 15 is 0 Å². The molecule has 0 atom stereocenters. The fourth-order valence-electron chi connectivity index (χ4n) is 0.994. The van der Waals surface area contributed by atoms with Crippen LogP contribution >= 0.6 is 0 Å². The molecular formula is C6H13N3. The quantitative estimate of drug-likeness (QED) is 0.533. The average molecular weight is 127 g/mol. The molecule has 0 aromatic carbocycles. The van der Waals surface area contributed by atoms with Gasteiger partial charge in [0.25, 0.3) is 0 Å². The van der Waals surface area contributed by atoms with E-state index in [2.05, 4.69) is 23.4 Å². The lowest BCUT2D eigenvalue weighted by Gasteiger charge is -2.18. The number of hydrazine groups is 1. The molecule has 0 bridgehead atoms. The lowest BCUT2D eigenvalue weighted by Crippen LogP contribution is -2.33. The molecule has 0 unspecified atom stereocenters. The van der Waals surface area contributed by atoms with E-state index < -0.39 is 0 Å². The SMILES string of the molecule is CCN1NCC=C1CN. The fourth-order valence-corrected chi connectivity index (χ4v) is 0.994. The van der Waals surface area contributed by atoms with Crippen LogP contribution in [0, 0.1) is 0 Å². The maximum Gasteiger partial charge on any atom is 0.0403 e. The third kappa shape index (κ3) is 1.23. The summed E-state index contributed by atoms with van der Waals surface area (Å²) in [5.41, 5.74) is 9.82. The van der Waals surface area contributed by atoms with E-state index in [0.29, 0.717) is 6.54 Å². The Morgan fingerprint density at radius 2 is 2.67 bits per heavy atom. The first-order chi connectivity index (χ1) is 4.38. The largest absolute Gasteiger partial charge is 0.325 e. The predicted octanol–water partition coefficient (Wildman–Crippen LogP) is -0.331. The molecule has 1 rings (SSSR count). The van der Waals surface area contributed by atoms with Gasteiger partial charge in [-0.1, -0.05) is 0 Å². The summed E-state index contributed by atoms with van der Waals surface area (Å²) in [6.45, 7) is 4.66. The molecule has 3 heteroatoms. The molecule has 0 fully saturated rings. The second kappa shape index (κ2) is 2.85. The number of likely N-dealkylation sites (N-methyl/N-ethyl adjacent to an activating group) is 1. The number of nitrogens with one attached hydrogen (secondary N) is 1. The molecule has 9 heavy (non-hydrogen) atoms. The zero-order valence-corrected chi connectivity index (χ0v) is 5.72. The molecule has 0 saturated heterocycles. The van der Waals surface area contributed by atoms with Gasteiger partial charge < -0.3 is 10.7 Å². The van der Waals surface area contributed by atoms with Crippen molar-refractivity contribution in [1.29, 1.82) is 0 Å². The van der Waals surface area contributed by atoms with E-state index in [-0.39, 0.29) is 0 Å². The van der Waals surface area contributed by atoms with Gasteiger partial charge in [0.2, 0.25) is 0 Å². The number of nitrogens with two attached hydrogens (primary N) is 1. The van der Waals surface area contributed by atoms with Crippen LogP contribution in [0.2, 0.25) is 0 Å². The van der Waals surface area contributed by atoms with Crippen LogP contribution in [0.1, 0.15) is 6.92 Å². The highest BCUT2D eigenvalue weighted by Gasteiger charge is 2.08. The van der Waals surface area contributed by atoms with Gasteiger partial charge in [-0.25, -0.2) is 5.43 Å². The molecule has 0 radical (unpaired) electrons. The summed E-state index contributed by atoms with van der Waals surface area (Å²) in [5.74, 6) is 0. The van der Waals surface area contributed by atoms with Gasteiger partial charge in [0.05, 0.1) is 0 Å². The molecule has 3 N–H and O–H groups in total. The van der Waals surface area contributed by atoms with Gasteiger partial charge in [-0.2, -0.15) is 0 Å². The lowest BCUT2D eigenvalue weighted by molar-refractivity contribution is 0.294. The highest BCUT2D eigenvalue weighted by Crippen LogP contribution is 2.02. The van der Waals surface area contributed by atoms with E-state index in [4.69, 9.17) is 5.73 Å². The zero-order chi connectivity index (χ0) is 6.69. The minimum Gasteiger partial charge on any atom is -0.325 e. The van der Waals surface area contributed by atoms with Crippen LogP contribution in [0.3, 0.4) is 0 Å². The second-order valence-electron chi connectivity index (χ2n) is 2.01. The van der Waals surface area contributed by atoms with Crippen LogP contribution in [-0.4, -0.2) is 24.6 Å². The molecule has 0 spiro atoms. The highest BCUT2D eigenvalue weighted by molar-refractivity contribution is 5.06. The maximum absolute atomic E-state index is 5.45. The van der Waals surface area contributed by atoms with E-state index in [1.807, 2.05) is 0 Å². The lowest BCUT2D eigenvalue weighted by atomic mass is 10.4. The van der Waals surface area contributed by atoms with Crippen LogP contribution in [-0.2, 0) is 0 Å². The monoisotopic (exact) mass is 127 g/mol. The minimum atomic E-state index is 0.640. The molecule has 0 aliphatic carbocycles. The molecule has 0 amide bonds.